The lowest BCUT2D eigenvalue weighted by Crippen LogP contribution is -2.32. The number of amides is 1. The Morgan fingerprint density at radius 1 is 1.45 bits per heavy atom. The van der Waals surface area contributed by atoms with Gasteiger partial charge in [0.2, 0.25) is 5.88 Å². The fraction of sp³-hybridized carbons (Fsp3) is 0.571. The van der Waals surface area contributed by atoms with E-state index >= 15 is 0 Å². The molecule has 1 aromatic rings. The van der Waals surface area contributed by atoms with Crippen molar-refractivity contribution in [3.63, 3.8) is 0 Å². The highest BCUT2D eigenvalue weighted by molar-refractivity contribution is 5.67. The largest absolute Gasteiger partial charge is 0.481 e. The molecule has 0 aromatic carbocycles. The van der Waals surface area contributed by atoms with Crippen LogP contribution in [0.3, 0.4) is 0 Å². The molecule has 6 nitrogen and oxygen atoms in total. The summed E-state index contributed by atoms with van der Waals surface area (Å²) >= 11 is 0. The smallest absolute Gasteiger partial charge is 0.407 e. The van der Waals surface area contributed by atoms with Crippen LogP contribution in [0.15, 0.2) is 18.3 Å². The van der Waals surface area contributed by atoms with Gasteiger partial charge in [0, 0.05) is 18.8 Å². The lowest BCUT2D eigenvalue weighted by Gasteiger charge is -2.22. The average molecular weight is 279 g/mol. The number of nitrogens with zero attached hydrogens (tertiary/aromatic N) is 1. The van der Waals surface area contributed by atoms with E-state index in [9.17, 15) is 4.79 Å². The van der Waals surface area contributed by atoms with Crippen molar-refractivity contribution in [3.05, 3.63) is 23.9 Å². The molecule has 0 atom stereocenters. The molecule has 110 valence electrons. The zero-order valence-electron chi connectivity index (χ0n) is 11.7. The molecule has 1 saturated heterocycles. The van der Waals surface area contributed by atoms with Gasteiger partial charge in [0.05, 0.1) is 13.7 Å². The van der Waals surface area contributed by atoms with Gasteiger partial charge in [0.1, 0.15) is 0 Å². The summed E-state index contributed by atoms with van der Waals surface area (Å²) in [6.07, 6.45) is 3.43. The summed E-state index contributed by atoms with van der Waals surface area (Å²) in [5, 5.41) is 6.00. The molecular weight excluding hydrogens is 258 g/mol. The number of rotatable bonds is 5. The molecular formula is C14H21N3O3. The Morgan fingerprint density at radius 3 is 2.90 bits per heavy atom. The lowest BCUT2D eigenvalue weighted by atomic mass is 9.99. The third-order valence-electron chi connectivity index (χ3n) is 3.35. The second-order valence-corrected chi connectivity index (χ2v) is 4.85. The second-order valence-electron chi connectivity index (χ2n) is 4.85. The van der Waals surface area contributed by atoms with Gasteiger partial charge < -0.3 is 20.1 Å². The number of carbonyl (C=O) groups is 1. The Labute approximate surface area is 118 Å². The minimum atomic E-state index is -0.376. The maximum atomic E-state index is 11.6. The molecule has 1 aliphatic rings. The van der Waals surface area contributed by atoms with E-state index in [0.717, 1.165) is 31.5 Å². The number of nitrogens with one attached hydrogen (secondary N) is 2. The van der Waals surface area contributed by atoms with E-state index in [4.69, 9.17) is 9.47 Å². The molecule has 0 bridgehead atoms. The first-order valence-electron chi connectivity index (χ1n) is 6.88. The molecule has 0 spiro atoms. The van der Waals surface area contributed by atoms with E-state index in [2.05, 4.69) is 15.6 Å². The predicted octanol–water partition coefficient (Wildman–Crippen LogP) is 1.32. The summed E-state index contributed by atoms with van der Waals surface area (Å²) in [5.41, 5.74) is 0.907. The molecule has 1 amide bonds. The fourth-order valence-corrected chi connectivity index (χ4v) is 2.10. The maximum absolute atomic E-state index is 11.6. The molecule has 2 heterocycles. The van der Waals surface area contributed by atoms with Crippen LogP contribution < -0.4 is 15.4 Å². The molecule has 2 N–H and O–H groups in total. The number of hydrogen-bond acceptors (Lipinski definition) is 5. The first kappa shape index (κ1) is 14.6. The van der Waals surface area contributed by atoms with Crippen LogP contribution in [-0.2, 0) is 11.3 Å². The van der Waals surface area contributed by atoms with E-state index < -0.39 is 0 Å². The van der Waals surface area contributed by atoms with Gasteiger partial charge in [-0.2, -0.15) is 0 Å². The zero-order chi connectivity index (χ0) is 14.2. The van der Waals surface area contributed by atoms with Crippen LogP contribution in [0, 0.1) is 5.92 Å². The van der Waals surface area contributed by atoms with E-state index in [1.54, 1.807) is 19.4 Å². The predicted molar refractivity (Wildman–Crippen MR) is 74.6 cm³/mol. The second kappa shape index (κ2) is 7.69. The number of alkyl carbamates (subject to hydrolysis) is 1. The highest BCUT2D eigenvalue weighted by atomic mass is 16.5. The first-order valence-corrected chi connectivity index (χ1v) is 6.88. The normalized spacial score (nSPS) is 15.7. The number of carbonyl (C=O) groups excluding carboxylic acids is 1. The number of methoxy groups -OCH3 is 1. The monoisotopic (exact) mass is 279 g/mol. The highest BCUT2D eigenvalue weighted by Gasteiger charge is 2.14. The van der Waals surface area contributed by atoms with Gasteiger partial charge in [-0.3, -0.25) is 0 Å². The number of hydrogen-bond donors (Lipinski definition) is 2. The van der Waals surface area contributed by atoms with E-state index in [1.165, 1.54) is 0 Å². The van der Waals surface area contributed by atoms with Crippen LogP contribution in [0.4, 0.5) is 4.79 Å². The maximum Gasteiger partial charge on any atom is 0.407 e. The van der Waals surface area contributed by atoms with Crippen molar-refractivity contribution in [2.24, 2.45) is 5.92 Å². The van der Waals surface area contributed by atoms with Gasteiger partial charge in [-0.05, 0) is 37.4 Å². The summed E-state index contributed by atoms with van der Waals surface area (Å²) < 4.78 is 10.2. The van der Waals surface area contributed by atoms with Crippen LogP contribution in [-0.4, -0.2) is 37.9 Å². The third kappa shape index (κ3) is 4.70. The number of ether oxygens (including phenoxy) is 2. The minimum absolute atomic E-state index is 0.376. The van der Waals surface area contributed by atoms with Gasteiger partial charge >= 0.3 is 6.09 Å². The van der Waals surface area contributed by atoms with E-state index in [1.807, 2.05) is 6.07 Å². The Hall–Kier alpha value is -1.82. The number of piperidine rings is 1. The molecule has 0 unspecified atom stereocenters. The molecule has 0 aliphatic carbocycles. The first-order chi connectivity index (χ1) is 9.78. The van der Waals surface area contributed by atoms with Crippen LogP contribution in [0.25, 0.3) is 0 Å². The van der Waals surface area contributed by atoms with Gasteiger partial charge in [0.15, 0.2) is 0 Å². The van der Waals surface area contributed by atoms with Gasteiger partial charge in [0.25, 0.3) is 0 Å². The summed E-state index contributed by atoms with van der Waals surface area (Å²) in [7, 11) is 1.57. The van der Waals surface area contributed by atoms with Crippen molar-refractivity contribution in [2.45, 2.75) is 19.4 Å². The highest BCUT2D eigenvalue weighted by Crippen LogP contribution is 2.11. The van der Waals surface area contributed by atoms with Gasteiger partial charge in [-0.15, -0.1) is 0 Å². The standard InChI is InChI=1S/C14H21N3O3/c1-19-13-3-2-12(8-16-13)9-17-14(18)20-10-11-4-6-15-7-5-11/h2-3,8,11,15H,4-7,9-10H2,1H3,(H,17,18). The molecule has 2 rings (SSSR count). The minimum Gasteiger partial charge on any atom is -0.481 e. The topological polar surface area (TPSA) is 72.5 Å². The zero-order valence-corrected chi connectivity index (χ0v) is 11.7. The number of pyridine rings is 1. The summed E-state index contributed by atoms with van der Waals surface area (Å²) in [6, 6.07) is 3.62. The SMILES string of the molecule is COc1ccc(CNC(=O)OCC2CCNCC2)cn1. The summed E-state index contributed by atoms with van der Waals surface area (Å²) in [6.45, 7) is 2.91. The Morgan fingerprint density at radius 2 is 2.25 bits per heavy atom. The van der Waals surface area contributed by atoms with Crippen LogP contribution in [0.1, 0.15) is 18.4 Å². The lowest BCUT2D eigenvalue weighted by molar-refractivity contribution is 0.117. The van der Waals surface area contributed by atoms with Crippen molar-refractivity contribution in [3.8, 4) is 5.88 Å². The van der Waals surface area contributed by atoms with Crippen molar-refractivity contribution >= 4 is 6.09 Å². The quantitative estimate of drug-likeness (QED) is 0.850. The molecule has 6 heteroatoms. The molecule has 0 radical (unpaired) electrons. The molecule has 1 aliphatic heterocycles. The Bertz CT molecular complexity index is 416. The van der Waals surface area contributed by atoms with Gasteiger partial charge in [-0.25, -0.2) is 9.78 Å². The van der Waals surface area contributed by atoms with E-state index in [0.29, 0.717) is 24.9 Å². The van der Waals surface area contributed by atoms with Gasteiger partial charge in [-0.1, -0.05) is 6.07 Å². The summed E-state index contributed by atoms with van der Waals surface area (Å²) in [4.78, 5) is 15.7. The van der Waals surface area contributed by atoms with Crippen LogP contribution in [0.5, 0.6) is 5.88 Å². The summed E-state index contributed by atoms with van der Waals surface area (Å²) in [5.74, 6) is 1.03. The fourth-order valence-electron chi connectivity index (χ4n) is 2.10. The van der Waals surface area contributed by atoms with Crippen LogP contribution in [0.2, 0.25) is 0 Å². The Balaban J connectivity index is 1.66. The van der Waals surface area contributed by atoms with Crippen LogP contribution >= 0.6 is 0 Å². The average Bonchev–Trinajstić information content (AvgIpc) is 2.52. The van der Waals surface area contributed by atoms with Crippen molar-refractivity contribution in [1.29, 1.82) is 0 Å². The number of aromatic nitrogens is 1. The molecule has 1 aromatic heterocycles. The molecule has 0 saturated carbocycles. The Kier molecular flexibility index (Phi) is 5.61. The van der Waals surface area contributed by atoms with E-state index in [-0.39, 0.29) is 6.09 Å². The third-order valence-corrected chi connectivity index (χ3v) is 3.35. The molecule has 20 heavy (non-hydrogen) atoms. The molecule has 1 fully saturated rings. The van der Waals surface area contributed by atoms with Crippen molar-refractivity contribution < 1.29 is 14.3 Å². The van der Waals surface area contributed by atoms with Crippen molar-refractivity contribution in [1.82, 2.24) is 15.6 Å². The van der Waals surface area contributed by atoms with Crippen molar-refractivity contribution in [2.75, 3.05) is 26.8 Å².